The van der Waals surface area contributed by atoms with Crippen LogP contribution in [0, 0.1) is 12.8 Å². The molecule has 0 aliphatic heterocycles. The second-order valence-corrected chi connectivity index (χ2v) is 10.6. The Morgan fingerprint density at radius 1 is 1.11 bits per heavy atom. The molecule has 0 radical (unpaired) electrons. The van der Waals surface area contributed by atoms with E-state index in [1.54, 1.807) is 12.3 Å². The van der Waals surface area contributed by atoms with E-state index in [9.17, 15) is 23.1 Å². The zero-order valence-corrected chi connectivity index (χ0v) is 20.8. The first-order chi connectivity index (χ1) is 17.6. The van der Waals surface area contributed by atoms with Crippen molar-refractivity contribution in [3.63, 3.8) is 0 Å². The molecule has 0 unspecified atom stereocenters. The number of aromatic nitrogens is 1. The number of benzene rings is 2. The van der Waals surface area contributed by atoms with Crippen LogP contribution in [0.2, 0.25) is 0 Å². The van der Waals surface area contributed by atoms with Crippen LogP contribution in [0.5, 0.6) is 0 Å². The third-order valence-corrected chi connectivity index (χ3v) is 8.46. The zero-order valence-electron chi connectivity index (χ0n) is 20.8. The minimum Gasteiger partial charge on any atom is -0.380 e. The van der Waals surface area contributed by atoms with Crippen molar-refractivity contribution >= 4 is 5.91 Å². The maximum absolute atomic E-state index is 13.8. The van der Waals surface area contributed by atoms with Gasteiger partial charge in [-0.15, -0.1) is 0 Å². The molecule has 4 nitrogen and oxygen atoms in total. The van der Waals surface area contributed by atoms with Crippen molar-refractivity contribution in [1.82, 2.24) is 10.3 Å². The van der Waals surface area contributed by atoms with E-state index >= 15 is 0 Å². The summed E-state index contributed by atoms with van der Waals surface area (Å²) in [7, 11) is 0. The Labute approximate surface area is 215 Å². The number of carbonyl (C=O) groups excluding carboxylic acids is 1. The highest BCUT2D eigenvalue weighted by molar-refractivity contribution is 5.94. The summed E-state index contributed by atoms with van der Waals surface area (Å²) in [4.78, 5) is 17.2. The van der Waals surface area contributed by atoms with Crippen LogP contribution in [0.1, 0.15) is 64.0 Å². The number of hydrogen-bond acceptors (Lipinski definition) is 3. The van der Waals surface area contributed by atoms with Crippen LogP contribution in [0.15, 0.2) is 66.9 Å². The van der Waals surface area contributed by atoms with Crippen LogP contribution >= 0.6 is 0 Å². The smallest absolute Gasteiger partial charge is 0.380 e. The molecule has 1 aromatic heterocycles. The lowest BCUT2D eigenvalue weighted by Crippen LogP contribution is -2.56. The number of aliphatic hydroxyl groups is 1. The Kier molecular flexibility index (Phi) is 6.61. The van der Waals surface area contributed by atoms with E-state index in [0.717, 1.165) is 27.9 Å². The first-order valence-electron chi connectivity index (χ1n) is 12.8. The Hall–Kier alpha value is -3.19. The molecule has 3 atom stereocenters. The maximum atomic E-state index is 13.8. The fraction of sp³-hybridized carbons (Fsp3) is 0.400. The summed E-state index contributed by atoms with van der Waals surface area (Å²) in [6.07, 6.45) is -1.61. The standard InChI is InChI=1S/C30H31F3N2O2/c1-20-24(8-5-15-34-20)19-35-27(36)23-10-12-26-22(16-23)9-11-25-18-29(37,30(31,32)33)14-13-28(25,26)17-21-6-3-2-4-7-21/h2-8,10,12,15-16,25,37H,9,11,13-14,17-19H2,1H3,(H,35,36)/t25-,28+,29-/m1/s1. The molecule has 3 aromatic rings. The van der Waals surface area contributed by atoms with E-state index in [0.29, 0.717) is 31.4 Å². The molecule has 0 spiro atoms. The van der Waals surface area contributed by atoms with E-state index in [2.05, 4.69) is 10.3 Å². The molecule has 2 aliphatic rings. The Morgan fingerprint density at radius 3 is 2.62 bits per heavy atom. The minimum atomic E-state index is -4.65. The van der Waals surface area contributed by atoms with Crippen molar-refractivity contribution < 1.29 is 23.1 Å². The molecule has 37 heavy (non-hydrogen) atoms. The topological polar surface area (TPSA) is 62.2 Å². The molecule has 2 N–H and O–H groups in total. The second-order valence-electron chi connectivity index (χ2n) is 10.6. The average Bonchev–Trinajstić information content (AvgIpc) is 2.88. The zero-order chi connectivity index (χ0) is 26.3. The first-order valence-corrected chi connectivity index (χ1v) is 12.8. The van der Waals surface area contributed by atoms with Gasteiger partial charge in [0.25, 0.3) is 5.91 Å². The normalized spacial score (nSPS) is 25.2. The number of nitrogens with zero attached hydrogens (tertiary/aromatic N) is 1. The first kappa shape index (κ1) is 25.5. The van der Waals surface area contributed by atoms with Crippen molar-refractivity contribution in [2.45, 2.75) is 69.2 Å². The number of aryl methyl sites for hydroxylation is 2. The van der Waals surface area contributed by atoms with E-state index in [-0.39, 0.29) is 31.1 Å². The van der Waals surface area contributed by atoms with E-state index in [1.165, 1.54) is 0 Å². The number of halogens is 3. The molecule has 2 aliphatic carbocycles. The Balaban J connectivity index is 1.45. The summed E-state index contributed by atoms with van der Waals surface area (Å²) in [6, 6.07) is 19.2. The van der Waals surface area contributed by atoms with Gasteiger partial charge in [0, 0.05) is 29.4 Å². The molecule has 194 valence electrons. The summed E-state index contributed by atoms with van der Waals surface area (Å²) in [5, 5.41) is 13.5. The number of fused-ring (bicyclic) bond motifs is 3. The molecule has 1 fully saturated rings. The van der Waals surface area contributed by atoms with E-state index in [1.807, 2.05) is 61.5 Å². The van der Waals surface area contributed by atoms with Crippen LogP contribution in [-0.2, 0) is 24.8 Å². The molecule has 7 heteroatoms. The van der Waals surface area contributed by atoms with Crippen molar-refractivity contribution in [2.24, 2.45) is 5.92 Å². The van der Waals surface area contributed by atoms with Gasteiger partial charge >= 0.3 is 6.18 Å². The van der Waals surface area contributed by atoms with Crippen molar-refractivity contribution in [1.29, 1.82) is 0 Å². The van der Waals surface area contributed by atoms with Gasteiger partial charge in [-0.3, -0.25) is 9.78 Å². The fourth-order valence-corrected chi connectivity index (χ4v) is 6.36. The highest BCUT2D eigenvalue weighted by atomic mass is 19.4. The van der Waals surface area contributed by atoms with Gasteiger partial charge in [-0.25, -0.2) is 0 Å². The van der Waals surface area contributed by atoms with Crippen molar-refractivity contribution in [3.05, 3.63) is 100 Å². The van der Waals surface area contributed by atoms with Crippen molar-refractivity contribution in [2.75, 3.05) is 0 Å². The molecule has 2 aromatic carbocycles. The highest BCUT2D eigenvalue weighted by Gasteiger charge is 2.61. The van der Waals surface area contributed by atoms with Crippen LogP contribution < -0.4 is 5.32 Å². The lowest BCUT2D eigenvalue weighted by Gasteiger charge is -2.53. The largest absolute Gasteiger partial charge is 0.417 e. The molecule has 0 saturated heterocycles. The maximum Gasteiger partial charge on any atom is 0.417 e. The van der Waals surface area contributed by atoms with Gasteiger partial charge in [0.15, 0.2) is 5.60 Å². The van der Waals surface area contributed by atoms with Gasteiger partial charge in [0.2, 0.25) is 0 Å². The highest BCUT2D eigenvalue weighted by Crippen LogP contribution is 2.57. The van der Waals surface area contributed by atoms with Gasteiger partial charge < -0.3 is 10.4 Å². The molecule has 1 heterocycles. The predicted octanol–water partition coefficient (Wildman–Crippen LogP) is 5.84. The molecule has 1 amide bonds. The van der Waals surface area contributed by atoms with Crippen molar-refractivity contribution in [3.8, 4) is 0 Å². The number of pyridine rings is 1. The van der Waals surface area contributed by atoms with Gasteiger partial charge in [-0.2, -0.15) is 13.2 Å². The number of carbonyl (C=O) groups is 1. The lowest BCUT2D eigenvalue weighted by molar-refractivity contribution is -0.279. The number of amides is 1. The van der Waals surface area contributed by atoms with Gasteiger partial charge in [-0.05, 0) is 91.8 Å². The SMILES string of the molecule is Cc1ncccc1CNC(=O)c1ccc2c(c1)CC[C@@H]1C[C@@](O)(C(F)(F)F)CC[C@@]21Cc1ccccc1. The van der Waals surface area contributed by atoms with Crippen LogP contribution in [0.3, 0.4) is 0 Å². The monoisotopic (exact) mass is 508 g/mol. The van der Waals surface area contributed by atoms with E-state index in [4.69, 9.17) is 0 Å². The quantitative estimate of drug-likeness (QED) is 0.455. The minimum absolute atomic E-state index is 0.194. The third kappa shape index (κ3) is 4.77. The van der Waals surface area contributed by atoms with Gasteiger partial charge in [-0.1, -0.05) is 42.5 Å². The van der Waals surface area contributed by atoms with Gasteiger partial charge in [0.05, 0.1) is 0 Å². The molecule has 1 saturated carbocycles. The van der Waals surface area contributed by atoms with Crippen LogP contribution in [0.4, 0.5) is 13.2 Å². The lowest BCUT2D eigenvalue weighted by atomic mass is 9.52. The second kappa shape index (κ2) is 9.60. The summed E-state index contributed by atoms with van der Waals surface area (Å²) in [6.45, 7) is 2.26. The van der Waals surface area contributed by atoms with Crippen LogP contribution in [-0.4, -0.2) is 27.8 Å². The number of rotatable bonds is 5. The number of nitrogens with one attached hydrogen (secondary N) is 1. The summed E-state index contributed by atoms with van der Waals surface area (Å²) >= 11 is 0. The molecule has 0 bridgehead atoms. The van der Waals surface area contributed by atoms with Crippen LogP contribution in [0.25, 0.3) is 0 Å². The summed E-state index contributed by atoms with van der Waals surface area (Å²) < 4.78 is 41.4. The molecule has 5 rings (SSSR count). The molecular formula is C30H31F3N2O2. The Morgan fingerprint density at radius 2 is 1.89 bits per heavy atom. The average molecular weight is 509 g/mol. The number of alkyl halides is 3. The van der Waals surface area contributed by atoms with Gasteiger partial charge in [0.1, 0.15) is 0 Å². The Bertz CT molecular complexity index is 1290. The predicted molar refractivity (Wildman–Crippen MR) is 135 cm³/mol. The van der Waals surface area contributed by atoms with E-state index < -0.39 is 17.2 Å². The summed E-state index contributed by atoms with van der Waals surface area (Å²) in [5.74, 6) is -0.505. The third-order valence-electron chi connectivity index (χ3n) is 8.46. The number of hydrogen-bond donors (Lipinski definition) is 2. The summed E-state index contributed by atoms with van der Waals surface area (Å²) in [5.41, 5.74) is 2.25. The fourth-order valence-electron chi connectivity index (χ4n) is 6.36. The molecular weight excluding hydrogens is 477 g/mol.